The van der Waals surface area contributed by atoms with E-state index in [-0.39, 0.29) is 17.3 Å². The maximum Gasteiger partial charge on any atom is 0.243 e. The van der Waals surface area contributed by atoms with E-state index in [1.807, 2.05) is 37.3 Å². The Morgan fingerprint density at radius 2 is 1.53 bits per heavy atom. The molecule has 2 atom stereocenters. The number of aryl methyl sites for hydroxylation is 3. The Kier molecular flexibility index (Phi) is 8.08. The summed E-state index contributed by atoms with van der Waals surface area (Å²) in [6.45, 7) is 4.19. The zero-order valence-corrected chi connectivity index (χ0v) is 21.4. The van der Waals surface area contributed by atoms with Crippen molar-refractivity contribution in [2.45, 2.75) is 56.6 Å². The number of fused-ring (bicyclic) bond motifs is 1. The summed E-state index contributed by atoms with van der Waals surface area (Å²) in [5, 5.41) is 16.7. The van der Waals surface area contributed by atoms with Gasteiger partial charge >= 0.3 is 0 Å². The molecule has 0 spiro atoms. The first-order valence-corrected chi connectivity index (χ1v) is 13.8. The van der Waals surface area contributed by atoms with E-state index in [9.17, 15) is 18.3 Å². The van der Waals surface area contributed by atoms with E-state index in [1.54, 1.807) is 36.4 Å². The summed E-state index contributed by atoms with van der Waals surface area (Å²) >= 11 is 0. The maximum absolute atomic E-state index is 13.1. The van der Waals surface area contributed by atoms with Crippen LogP contribution in [0.1, 0.15) is 48.6 Å². The van der Waals surface area contributed by atoms with E-state index in [1.165, 1.54) is 5.56 Å². The van der Waals surface area contributed by atoms with Crippen LogP contribution >= 0.6 is 0 Å². The van der Waals surface area contributed by atoms with Crippen LogP contribution in [0.4, 0.5) is 11.4 Å². The number of rotatable bonds is 9. The Bertz CT molecular complexity index is 1310. The molecule has 0 bridgehead atoms. The van der Waals surface area contributed by atoms with Crippen molar-refractivity contribution in [2.24, 2.45) is 0 Å². The molecule has 0 saturated carbocycles. The largest absolute Gasteiger partial charge is 0.391 e. The Morgan fingerprint density at radius 3 is 2.17 bits per heavy atom. The minimum absolute atomic E-state index is 0.0923. The molecule has 190 valence electrons. The molecule has 0 heterocycles. The molecule has 1 amide bonds. The van der Waals surface area contributed by atoms with Gasteiger partial charge in [-0.25, -0.2) is 13.1 Å². The van der Waals surface area contributed by atoms with Crippen LogP contribution in [0.3, 0.4) is 0 Å². The van der Waals surface area contributed by atoms with Crippen LogP contribution in [0.25, 0.3) is 0 Å². The van der Waals surface area contributed by atoms with Gasteiger partial charge in [-0.15, -0.1) is 0 Å². The Balaban J connectivity index is 1.47. The summed E-state index contributed by atoms with van der Waals surface area (Å²) in [6, 6.07) is 19.3. The zero-order chi connectivity index (χ0) is 25.7. The van der Waals surface area contributed by atoms with E-state index in [2.05, 4.69) is 22.3 Å². The van der Waals surface area contributed by atoms with Crippen molar-refractivity contribution >= 4 is 27.3 Å². The summed E-state index contributed by atoms with van der Waals surface area (Å²) in [5.41, 5.74) is 5.30. The van der Waals surface area contributed by atoms with Crippen molar-refractivity contribution in [1.82, 2.24) is 4.72 Å². The zero-order valence-electron chi connectivity index (χ0n) is 20.6. The molecule has 4 rings (SSSR count). The van der Waals surface area contributed by atoms with Crippen LogP contribution in [0, 0.1) is 0 Å². The standard InChI is InChI=1S/C28H33N3O4S/c1-3-19-5-11-22(12-6-19)29-18-27(33)30-23-13-9-21-10-16-26(32)28(25(21)17-23)31-36(34,35)24-14-7-20(4-2)8-15-24/h5-9,11-15,17,26,28-29,31-32H,3-4,10,16,18H2,1-2H3,(H,30,33)/t26-,28-/m1/s1. The molecule has 8 heteroatoms. The number of amides is 1. The molecule has 36 heavy (non-hydrogen) atoms. The molecular formula is C28H33N3O4S. The fraction of sp³-hybridized carbons (Fsp3) is 0.321. The molecule has 0 radical (unpaired) electrons. The first-order chi connectivity index (χ1) is 17.3. The molecular weight excluding hydrogens is 474 g/mol. The van der Waals surface area contributed by atoms with Gasteiger partial charge in [0.15, 0.2) is 0 Å². The van der Waals surface area contributed by atoms with Gasteiger partial charge in [0.2, 0.25) is 15.9 Å². The summed E-state index contributed by atoms with van der Waals surface area (Å²) in [6.07, 6.45) is 1.97. The van der Waals surface area contributed by atoms with E-state index in [0.29, 0.717) is 24.1 Å². The van der Waals surface area contributed by atoms with Crippen molar-refractivity contribution in [3.63, 3.8) is 0 Å². The number of carbonyl (C=O) groups is 1. The van der Waals surface area contributed by atoms with Gasteiger partial charge in [-0.2, -0.15) is 0 Å². The molecule has 4 N–H and O–H groups in total. The lowest BCUT2D eigenvalue weighted by atomic mass is 9.86. The number of hydrogen-bond donors (Lipinski definition) is 4. The number of sulfonamides is 1. The van der Waals surface area contributed by atoms with Crippen molar-refractivity contribution in [3.05, 3.63) is 89.0 Å². The van der Waals surface area contributed by atoms with Crippen molar-refractivity contribution < 1.29 is 18.3 Å². The minimum atomic E-state index is -3.85. The molecule has 0 unspecified atom stereocenters. The van der Waals surface area contributed by atoms with Gasteiger partial charge in [0.25, 0.3) is 0 Å². The molecule has 1 aliphatic rings. The number of nitrogens with one attached hydrogen (secondary N) is 3. The lowest BCUT2D eigenvalue weighted by Crippen LogP contribution is -2.39. The van der Waals surface area contributed by atoms with Crippen LogP contribution < -0.4 is 15.4 Å². The average molecular weight is 508 g/mol. The fourth-order valence-corrected chi connectivity index (χ4v) is 5.64. The summed E-state index contributed by atoms with van der Waals surface area (Å²) in [4.78, 5) is 12.7. The highest BCUT2D eigenvalue weighted by molar-refractivity contribution is 7.89. The van der Waals surface area contributed by atoms with Crippen LogP contribution in [0.2, 0.25) is 0 Å². The van der Waals surface area contributed by atoms with Gasteiger partial charge in [0, 0.05) is 11.4 Å². The van der Waals surface area contributed by atoms with Crippen LogP contribution in [-0.4, -0.2) is 32.1 Å². The summed E-state index contributed by atoms with van der Waals surface area (Å²) in [5.74, 6) is -0.223. The number of hydrogen-bond acceptors (Lipinski definition) is 5. The predicted octanol–water partition coefficient (Wildman–Crippen LogP) is 4.19. The van der Waals surface area contributed by atoms with Gasteiger partial charge in [-0.1, -0.05) is 44.2 Å². The number of aliphatic hydroxyl groups excluding tert-OH is 1. The Morgan fingerprint density at radius 1 is 0.917 bits per heavy atom. The van der Waals surface area contributed by atoms with Gasteiger partial charge in [-0.3, -0.25) is 4.79 Å². The third-order valence-corrected chi connectivity index (χ3v) is 8.06. The highest BCUT2D eigenvalue weighted by atomic mass is 32.2. The van der Waals surface area contributed by atoms with Gasteiger partial charge in [-0.05, 0) is 84.3 Å². The normalized spacial score (nSPS) is 17.3. The molecule has 0 fully saturated rings. The van der Waals surface area contributed by atoms with Gasteiger partial charge < -0.3 is 15.7 Å². The van der Waals surface area contributed by atoms with Gasteiger partial charge in [0.1, 0.15) is 0 Å². The second-order valence-electron chi connectivity index (χ2n) is 9.07. The lowest BCUT2D eigenvalue weighted by Gasteiger charge is -2.31. The average Bonchev–Trinajstić information content (AvgIpc) is 2.89. The molecule has 0 saturated heterocycles. The molecule has 0 aliphatic heterocycles. The van der Waals surface area contributed by atoms with Crippen molar-refractivity contribution in [2.75, 3.05) is 17.2 Å². The number of anilines is 2. The highest BCUT2D eigenvalue weighted by Gasteiger charge is 2.32. The number of aliphatic hydroxyl groups is 1. The van der Waals surface area contributed by atoms with Crippen molar-refractivity contribution in [1.29, 1.82) is 0 Å². The molecule has 1 aliphatic carbocycles. The van der Waals surface area contributed by atoms with Crippen molar-refractivity contribution in [3.8, 4) is 0 Å². The molecule has 3 aromatic rings. The van der Waals surface area contributed by atoms with Crippen LogP contribution in [0.5, 0.6) is 0 Å². The topological polar surface area (TPSA) is 108 Å². The third-order valence-electron chi connectivity index (χ3n) is 6.60. The monoisotopic (exact) mass is 507 g/mol. The fourth-order valence-electron chi connectivity index (χ4n) is 4.39. The second-order valence-corrected chi connectivity index (χ2v) is 10.8. The SMILES string of the molecule is CCc1ccc(NCC(=O)Nc2ccc3c(c2)[C@@H](NS(=O)(=O)c2ccc(CC)cc2)[C@H](O)CC3)cc1. The number of carbonyl (C=O) groups excluding carboxylic acids is 1. The van der Waals surface area contributed by atoms with Gasteiger partial charge in [0.05, 0.1) is 23.6 Å². The lowest BCUT2D eigenvalue weighted by molar-refractivity contribution is -0.114. The highest BCUT2D eigenvalue weighted by Crippen LogP contribution is 2.33. The van der Waals surface area contributed by atoms with E-state index >= 15 is 0 Å². The van der Waals surface area contributed by atoms with E-state index in [4.69, 9.17) is 0 Å². The first kappa shape index (κ1) is 25.9. The second kappa shape index (κ2) is 11.2. The quantitative estimate of drug-likeness (QED) is 0.347. The Labute approximate surface area is 213 Å². The predicted molar refractivity (Wildman–Crippen MR) is 143 cm³/mol. The minimum Gasteiger partial charge on any atom is -0.391 e. The third kappa shape index (κ3) is 6.13. The summed E-state index contributed by atoms with van der Waals surface area (Å²) < 4.78 is 28.8. The van der Waals surface area contributed by atoms with E-state index in [0.717, 1.165) is 29.7 Å². The molecule has 3 aromatic carbocycles. The molecule has 7 nitrogen and oxygen atoms in total. The Hall–Kier alpha value is -3.20. The first-order valence-electron chi connectivity index (χ1n) is 12.3. The number of benzene rings is 3. The summed E-state index contributed by atoms with van der Waals surface area (Å²) in [7, 11) is -3.85. The van der Waals surface area contributed by atoms with Crippen LogP contribution in [-0.2, 0) is 34.1 Å². The molecule has 0 aromatic heterocycles. The van der Waals surface area contributed by atoms with E-state index < -0.39 is 22.2 Å². The van der Waals surface area contributed by atoms with Crippen LogP contribution in [0.15, 0.2) is 71.6 Å². The smallest absolute Gasteiger partial charge is 0.243 e. The maximum atomic E-state index is 13.1.